The van der Waals surface area contributed by atoms with Crippen LogP contribution in [0.15, 0.2) is 24.5 Å². The molecule has 0 aliphatic heterocycles. The van der Waals surface area contributed by atoms with Crippen molar-refractivity contribution in [2.45, 2.75) is 6.61 Å². The molecule has 0 atom stereocenters. The number of nitrogens with two attached hydrogens (primary N) is 1. The van der Waals surface area contributed by atoms with Gasteiger partial charge in [0.2, 0.25) is 0 Å². The maximum absolute atomic E-state index is 13.3. The maximum Gasteiger partial charge on any atom is 0.387 e. The number of hydrogen-bond donors (Lipinski definition) is 1. The number of ether oxygens (including phenoxy) is 1. The summed E-state index contributed by atoms with van der Waals surface area (Å²) in [5, 5.41) is 3.96. The fourth-order valence-electron chi connectivity index (χ4n) is 1.38. The third kappa shape index (κ3) is 2.68. The number of alkyl halides is 2. The van der Waals surface area contributed by atoms with Crippen LogP contribution in [0.25, 0.3) is 5.69 Å². The summed E-state index contributed by atoms with van der Waals surface area (Å²) in [7, 11) is 0. The first kappa shape index (κ1) is 13.0. The highest BCUT2D eigenvalue weighted by Gasteiger charge is 2.14. The van der Waals surface area contributed by atoms with E-state index in [0.29, 0.717) is 0 Å². The molecule has 0 saturated carbocycles. The number of halogens is 4. The molecule has 2 aromatic rings. The molecule has 0 aliphatic rings. The predicted molar refractivity (Wildman–Crippen MR) is 67.3 cm³/mol. The van der Waals surface area contributed by atoms with E-state index in [1.807, 2.05) is 22.6 Å². The number of nitrogens with zero attached hydrogens (tertiary/aromatic N) is 2. The van der Waals surface area contributed by atoms with Crippen LogP contribution in [0.1, 0.15) is 0 Å². The zero-order valence-electron chi connectivity index (χ0n) is 8.78. The number of hydrogen-bond acceptors (Lipinski definition) is 3. The molecule has 0 radical (unpaired) electrons. The van der Waals surface area contributed by atoms with Crippen LogP contribution in [0, 0.1) is 9.39 Å². The normalized spacial score (nSPS) is 10.9. The van der Waals surface area contributed by atoms with Crippen molar-refractivity contribution in [1.82, 2.24) is 9.78 Å². The van der Waals surface area contributed by atoms with Gasteiger partial charge >= 0.3 is 6.61 Å². The molecular weight excluding hydrogens is 362 g/mol. The van der Waals surface area contributed by atoms with Gasteiger partial charge < -0.3 is 10.5 Å². The van der Waals surface area contributed by atoms with Crippen LogP contribution in [0.4, 0.5) is 18.9 Å². The maximum atomic E-state index is 13.3. The van der Waals surface area contributed by atoms with Crippen LogP contribution < -0.4 is 10.5 Å². The van der Waals surface area contributed by atoms with Crippen molar-refractivity contribution >= 4 is 28.3 Å². The Balaban J connectivity index is 2.47. The molecule has 0 spiro atoms. The number of anilines is 1. The van der Waals surface area contributed by atoms with E-state index in [4.69, 9.17) is 5.73 Å². The number of aromatic nitrogens is 2. The first-order valence-electron chi connectivity index (χ1n) is 4.71. The minimum absolute atomic E-state index is 0.0774. The second kappa shape index (κ2) is 5.04. The van der Waals surface area contributed by atoms with Crippen LogP contribution in [0.2, 0.25) is 0 Å². The molecule has 0 amide bonds. The summed E-state index contributed by atoms with van der Waals surface area (Å²) in [6.45, 7) is -3.10. The predicted octanol–water partition coefficient (Wildman–Crippen LogP) is 2.80. The van der Waals surface area contributed by atoms with Crippen molar-refractivity contribution in [3.8, 4) is 11.4 Å². The van der Waals surface area contributed by atoms with Gasteiger partial charge in [-0.2, -0.15) is 13.9 Å². The Morgan fingerprint density at radius 3 is 2.67 bits per heavy atom. The van der Waals surface area contributed by atoms with E-state index in [-0.39, 0.29) is 11.4 Å². The van der Waals surface area contributed by atoms with Gasteiger partial charge in [0.05, 0.1) is 21.1 Å². The lowest BCUT2D eigenvalue weighted by Crippen LogP contribution is -2.07. The van der Waals surface area contributed by atoms with Crippen molar-refractivity contribution < 1.29 is 17.9 Å². The minimum Gasteiger partial charge on any atom is -0.432 e. The molecule has 1 aromatic heterocycles. The smallest absolute Gasteiger partial charge is 0.387 e. The molecule has 18 heavy (non-hydrogen) atoms. The largest absolute Gasteiger partial charge is 0.432 e. The average molecular weight is 369 g/mol. The van der Waals surface area contributed by atoms with Crippen LogP contribution in [0.3, 0.4) is 0 Å². The molecular formula is C10H7F3IN3O. The number of nitrogen functional groups attached to an aromatic ring is 1. The van der Waals surface area contributed by atoms with E-state index in [2.05, 4.69) is 9.84 Å². The summed E-state index contributed by atoms with van der Waals surface area (Å²) >= 11 is 2.02. The SMILES string of the molecule is Nc1cc(F)c(OC(F)F)cc1-n1cc(I)cn1. The molecule has 2 N–H and O–H groups in total. The topological polar surface area (TPSA) is 53.1 Å². The lowest BCUT2D eigenvalue weighted by Gasteiger charge is -2.10. The van der Waals surface area contributed by atoms with Crippen LogP contribution in [-0.4, -0.2) is 16.4 Å². The van der Waals surface area contributed by atoms with Gasteiger partial charge in [-0.25, -0.2) is 9.07 Å². The van der Waals surface area contributed by atoms with Gasteiger partial charge in [-0.15, -0.1) is 0 Å². The second-order valence-electron chi connectivity index (χ2n) is 3.32. The fraction of sp³-hybridized carbons (Fsp3) is 0.100. The molecule has 8 heteroatoms. The standard InChI is InChI=1S/C10H7F3IN3O/c11-6-1-7(15)8(2-9(6)18-10(12)13)17-4-5(14)3-16-17/h1-4,10H,15H2. The van der Waals surface area contributed by atoms with E-state index in [1.54, 1.807) is 12.4 Å². The summed E-state index contributed by atoms with van der Waals surface area (Å²) in [5.41, 5.74) is 5.97. The van der Waals surface area contributed by atoms with Crippen molar-refractivity contribution in [3.05, 3.63) is 33.9 Å². The van der Waals surface area contributed by atoms with Crippen molar-refractivity contribution in [2.24, 2.45) is 0 Å². The Bertz CT molecular complexity index is 573. The van der Waals surface area contributed by atoms with Crippen molar-refractivity contribution in [3.63, 3.8) is 0 Å². The van der Waals surface area contributed by atoms with Gasteiger partial charge in [-0.05, 0) is 22.6 Å². The van der Waals surface area contributed by atoms with Crippen molar-refractivity contribution in [2.75, 3.05) is 5.73 Å². The summed E-state index contributed by atoms with van der Waals surface area (Å²) in [6.07, 6.45) is 3.17. The first-order chi connectivity index (χ1) is 8.47. The summed E-state index contributed by atoms with van der Waals surface area (Å²) in [6, 6.07) is 2.00. The quantitative estimate of drug-likeness (QED) is 0.669. The molecule has 4 nitrogen and oxygen atoms in total. The molecule has 0 bridgehead atoms. The lowest BCUT2D eigenvalue weighted by molar-refractivity contribution is -0.0521. The van der Waals surface area contributed by atoms with Crippen LogP contribution >= 0.6 is 22.6 Å². The van der Waals surface area contributed by atoms with E-state index in [9.17, 15) is 13.2 Å². The molecule has 0 aliphatic carbocycles. The Kier molecular flexibility index (Phi) is 3.64. The fourth-order valence-corrected chi connectivity index (χ4v) is 1.76. The summed E-state index contributed by atoms with van der Waals surface area (Å²) < 4.78 is 43.8. The van der Waals surface area contributed by atoms with E-state index in [0.717, 1.165) is 15.7 Å². The Morgan fingerprint density at radius 2 is 2.11 bits per heavy atom. The van der Waals surface area contributed by atoms with Crippen LogP contribution in [-0.2, 0) is 0 Å². The van der Waals surface area contributed by atoms with E-state index in [1.165, 1.54) is 4.68 Å². The third-order valence-corrected chi connectivity index (χ3v) is 2.65. The number of benzene rings is 1. The molecule has 1 aromatic carbocycles. The van der Waals surface area contributed by atoms with E-state index >= 15 is 0 Å². The van der Waals surface area contributed by atoms with Gasteiger partial charge in [0.25, 0.3) is 0 Å². The highest BCUT2D eigenvalue weighted by Crippen LogP contribution is 2.28. The Morgan fingerprint density at radius 1 is 1.39 bits per heavy atom. The summed E-state index contributed by atoms with van der Waals surface area (Å²) in [5.74, 6) is -1.52. The number of rotatable bonds is 3. The van der Waals surface area contributed by atoms with Gasteiger partial charge in [-0.1, -0.05) is 0 Å². The Labute approximate surface area is 114 Å². The zero-order chi connectivity index (χ0) is 13.3. The van der Waals surface area contributed by atoms with Gasteiger partial charge in [-0.3, -0.25) is 0 Å². The Hall–Kier alpha value is -1.45. The molecule has 2 rings (SSSR count). The van der Waals surface area contributed by atoms with Gasteiger partial charge in [0, 0.05) is 18.3 Å². The molecule has 0 saturated heterocycles. The van der Waals surface area contributed by atoms with Crippen molar-refractivity contribution in [1.29, 1.82) is 0 Å². The van der Waals surface area contributed by atoms with Crippen LogP contribution in [0.5, 0.6) is 5.75 Å². The third-order valence-electron chi connectivity index (χ3n) is 2.10. The average Bonchev–Trinajstić information content (AvgIpc) is 2.68. The highest BCUT2D eigenvalue weighted by molar-refractivity contribution is 14.1. The zero-order valence-corrected chi connectivity index (χ0v) is 10.9. The second-order valence-corrected chi connectivity index (χ2v) is 4.57. The summed E-state index contributed by atoms with van der Waals surface area (Å²) in [4.78, 5) is 0. The molecule has 1 heterocycles. The van der Waals surface area contributed by atoms with Gasteiger partial charge in [0.15, 0.2) is 11.6 Å². The van der Waals surface area contributed by atoms with Gasteiger partial charge in [0.1, 0.15) is 0 Å². The first-order valence-corrected chi connectivity index (χ1v) is 5.79. The monoisotopic (exact) mass is 369 g/mol. The van der Waals surface area contributed by atoms with E-state index < -0.39 is 18.2 Å². The molecule has 96 valence electrons. The molecule has 0 fully saturated rings. The minimum atomic E-state index is -3.10. The lowest BCUT2D eigenvalue weighted by atomic mass is 10.2. The highest BCUT2D eigenvalue weighted by atomic mass is 127. The molecule has 0 unspecified atom stereocenters.